The molecular weight excluding hydrogens is 274 g/mol. The molecule has 0 saturated carbocycles. The third kappa shape index (κ3) is 2.66. The minimum atomic E-state index is -0.746. The van der Waals surface area contributed by atoms with Crippen LogP contribution in [0.15, 0.2) is 21.2 Å². The van der Waals surface area contributed by atoms with Crippen LogP contribution in [0, 0.1) is 0 Å². The highest BCUT2D eigenvalue weighted by Crippen LogP contribution is 2.24. The molecule has 1 saturated heterocycles. The van der Waals surface area contributed by atoms with Crippen molar-refractivity contribution in [1.29, 1.82) is 0 Å². The Morgan fingerprint density at radius 2 is 2.44 bits per heavy atom. The highest BCUT2D eigenvalue weighted by atomic mass is 79.9. The van der Waals surface area contributed by atoms with E-state index in [1.165, 1.54) is 0 Å². The van der Waals surface area contributed by atoms with E-state index in [0.29, 0.717) is 26.1 Å². The minimum absolute atomic E-state index is 0.108. The highest BCUT2D eigenvalue weighted by Gasteiger charge is 2.38. The molecule has 4 nitrogen and oxygen atoms in total. The lowest BCUT2D eigenvalue weighted by Crippen LogP contribution is -2.45. The normalized spacial score (nSPS) is 29.8. The van der Waals surface area contributed by atoms with E-state index >= 15 is 0 Å². The van der Waals surface area contributed by atoms with Crippen molar-refractivity contribution < 1.29 is 14.3 Å². The maximum Gasteiger partial charge on any atom is 0.169 e. The van der Waals surface area contributed by atoms with Gasteiger partial charge in [-0.3, -0.25) is 0 Å². The molecule has 0 radical (unpaired) electrons. The van der Waals surface area contributed by atoms with Gasteiger partial charge in [-0.05, 0) is 35.0 Å². The average molecular weight is 290 g/mol. The Balaban J connectivity index is 1.79. The molecule has 2 N–H and O–H groups in total. The molecule has 2 unspecified atom stereocenters. The van der Waals surface area contributed by atoms with E-state index in [0.717, 1.165) is 10.4 Å². The molecule has 1 aliphatic heterocycles. The fourth-order valence-electron chi connectivity index (χ4n) is 1.85. The molecule has 0 aromatic carbocycles. The second-order valence-corrected chi connectivity index (χ2v) is 4.96. The van der Waals surface area contributed by atoms with Gasteiger partial charge in [0, 0.05) is 19.6 Å². The zero-order valence-corrected chi connectivity index (χ0v) is 10.8. The van der Waals surface area contributed by atoms with Gasteiger partial charge in [-0.2, -0.15) is 0 Å². The summed E-state index contributed by atoms with van der Waals surface area (Å²) in [6.07, 6.45) is 0.576. The smallest absolute Gasteiger partial charge is 0.169 e. The van der Waals surface area contributed by atoms with Crippen molar-refractivity contribution in [3.8, 4) is 0 Å². The van der Waals surface area contributed by atoms with Crippen LogP contribution < -0.4 is 5.32 Å². The number of hydrogen-bond donors (Lipinski definition) is 2. The van der Waals surface area contributed by atoms with Crippen molar-refractivity contribution in [3.05, 3.63) is 22.6 Å². The summed E-state index contributed by atoms with van der Waals surface area (Å²) in [4.78, 5) is 0. The molecule has 1 aromatic heterocycles. The molecular formula is C11H16BrNO3. The van der Waals surface area contributed by atoms with Gasteiger partial charge >= 0.3 is 0 Å². The molecule has 1 aromatic rings. The van der Waals surface area contributed by atoms with Crippen LogP contribution >= 0.6 is 15.9 Å². The quantitative estimate of drug-likeness (QED) is 0.885. The first-order chi connectivity index (χ1) is 7.60. The van der Waals surface area contributed by atoms with Gasteiger partial charge in [0.2, 0.25) is 0 Å². The fraction of sp³-hybridized carbons (Fsp3) is 0.636. The van der Waals surface area contributed by atoms with Crippen LogP contribution in [-0.2, 0) is 11.3 Å². The molecule has 0 amide bonds. The van der Waals surface area contributed by atoms with Gasteiger partial charge in [-0.25, -0.2) is 0 Å². The van der Waals surface area contributed by atoms with E-state index < -0.39 is 5.60 Å². The molecule has 16 heavy (non-hydrogen) atoms. The van der Waals surface area contributed by atoms with Gasteiger partial charge in [-0.1, -0.05) is 0 Å². The highest BCUT2D eigenvalue weighted by molar-refractivity contribution is 9.10. The summed E-state index contributed by atoms with van der Waals surface area (Å²) in [7, 11) is 0. The predicted molar refractivity (Wildman–Crippen MR) is 63.1 cm³/mol. The Kier molecular flexibility index (Phi) is 3.69. The molecule has 90 valence electrons. The summed E-state index contributed by atoms with van der Waals surface area (Å²) >= 11 is 3.25. The van der Waals surface area contributed by atoms with Crippen LogP contribution in [0.5, 0.6) is 0 Å². The van der Waals surface area contributed by atoms with Crippen molar-refractivity contribution in [2.75, 3.05) is 13.2 Å². The average Bonchev–Trinajstić information content (AvgIpc) is 2.76. The molecule has 1 fully saturated rings. The van der Waals surface area contributed by atoms with Crippen molar-refractivity contribution in [3.63, 3.8) is 0 Å². The number of ether oxygens (including phenoxy) is 1. The van der Waals surface area contributed by atoms with Gasteiger partial charge in [-0.15, -0.1) is 0 Å². The molecule has 2 rings (SSSR count). The number of aliphatic hydroxyl groups is 1. The molecule has 0 aliphatic carbocycles. The largest absolute Gasteiger partial charge is 0.453 e. The second-order valence-electron chi connectivity index (χ2n) is 4.18. The number of hydrogen-bond acceptors (Lipinski definition) is 4. The molecule has 5 heteroatoms. The third-order valence-corrected chi connectivity index (χ3v) is 3.44. The zero-order chi connectivity index (χ0) is 11.6. The van der Waals surface area contributed by atoms with Gasteiger partial charge in [0.1, 0.15) is 11.4 Å². The molecule has 2 atom stereocenters. The predicted octanol–water partition coefficient (Wildman–Crippen LogP) is 1.67. The second kappa shape index (κ2) is 4.87. The fourth-order valence-corrected chi connectivity index (χ4v) is 2.19. The first-order valence-electron chi connectivity index (χ1n) is 5.39. The van der Waals surface area contributed by atoms with Crippen LogP contribution in [0.3, 0.4) is 0 Å². The summed E-state index contributed by atoms with van der Waals surface area (Å²) in [5, 5.41) is 13.4. The minimum Gasteiger partial charge on any atom is -0.453 e. The van der Waals surface area contributed by atoms with E-state index in [1.807, 2.05) is 19.1 Å². The Morgan fingerprint density at radius 1 is 1.62 bits per heavy atom. The zero-order valence-electron chi connectivity index (χ0n) is 9.20. The summed E-state index contributed by atoms with van der Waals surface area (Å²) in [5.41, 5.74) is -0.746. The monoisotopic (exact) mass is 289 g/mol. The van der Waals surface area contributed by atoms with Crippen molar-refractivity contribution >= 4 is 15.9 Å². The molecule has 1 aliphatic rings. The van der Waals surface area contributed by atoms with Gasteiger partial charge in [0.15, 0.2) is 4.67 Å². The van der Waals surface area contributed by atoms with Gasteiger partial charge < -0.3 is 19.6 Å². The van der Waals surface area contributed by atoms with Crippen LogP contribution in [0.4, 0.5) is 0 Å². The molecule has 0 bridgehead atoms. The van der Waals surface area contributed by atoms with Crippen molar-refractivity contribution in [1.82, 2.24) is 5.32 Å². The lowest BCUT2D eigenvalue weighted by Gasteiger charge is -2.26. The van der Waals surface area contributed by atoms with Crippen molar-refractivity contribution in [2.45, 2.75) is 31.6 Å². The lowest BCUT2D eigenvalue weighted by atomic mass is 9.97. The van der Waals surface area contributed by atoms with E-state index in [-0.39, 0.29) is 6.10 Å². The van der Waals surface area contributed by atoms with Crippen LogP contribution in [0.2, 0.25) is 0 Å². The Labute approximate surface area is 103 Å². The Hall–Kier alpha value is -0.360. The van der Waals surface area contributed by atoms with Gasteiger partial charge in [0.05, 0.1) is 12.6 Å². The maximum absolute atomic E-state index is 10.2. The number of rotatable bonds is 4. The number of furan rings is 1. The Bertz CT molecular complexity index is 355. The van der Waals surface area contributed by atoms with Crippen molar-refractivity contribution in [2.24, 2.45) is 0 Å². The summed E-state index contributed by atoms with van der Waals surface area (Å²) < 4.78 is 11.4. The molecule has 2 heterocycles. The summed E-state index contributed by atoms with van der Waals surface area (Å²) in [5.74, 6) is 0.849. The number of nitrogens with one attached hydrogen (secondary N) is 1. The number of halogens is 1. The molecule has 0 spiro atoms. The standard InChI is InChI=1S/C11H16BrNO3/c1-8-11(14,4-5-15-8)7-13-6-9-2-3-10(12)16-9/h2-3,8,13-14H,4-7H2,1H3. The first-order valence-corrected chi connectivity index (χ1v) is 6.18. The maximum atomic E-state index is 10.2. The SMILES string of the molecule is CC1OCCC1(O)CNCc1ccc(Br)o1. The van der Waals surface area contributed by atoms with E-state index in [4.69, 9.17) is 9.15 Å². The summed E-state index contributed by atoms with van der Waals surface area (Å²) in [6.45, 7) is 3.66. The van der Waals surface area contributed by atoms with Crippen LogP contribution in [0.1, 0.15) is 19.1 Å². The summed E-state index contributed by atoms with van der Waals surface area (Å²) in [6, 6.07) is 3.75. The third-order valence-electron chi connectivity index (χ3n) is 3.02. The topological polar surface area (TPSA) is 54.6 Å². The van der Waals surface area contributed by atoms with E-state index in [2.05, 4.69) is 21.2 Å². The lowest BCUT2D eigenvalue weighted by molar-refractivity contribution is -0.0264. The van der Waals surface area contributed by atoms with E-state index in [9.17, 15) is 5.11 Å². The van der Waals surface area contributed by atoms with Gasteiger partial charge in [0.25, 0.3) is 0 Å². The van der Waals surface area contributed by atoms with Crippen LogP contribution in [0.25, 0.3) is 0 Å². The van der Waals surface area contributed by atoms with E-state index in [1.54, 1.807) is 0 Å². The first kappa shape index (κ1) is 12.1. The van der Waals surface area contributed by atoms with Crippen LogP contribution in [-0.4, -0.2) is 30.0 Å². The Morgan fingerprint density at radius 3 is 3.00 bits per heavy atom.